The Morgan fingerprint density at radius 3 is 2.15 bits per heavy atom. The fourth-order valence-electron chi connectivity index (χ4n) is 2.45. The van der Waals surface area contributed by atoms with Crippen molar-refractivity contribution in [2.24, 2.45) is 0 Å². The summed E-state index contributed by atoms with van der Waals surface area (Å²) in [4.78, 5) is 24.5. The van der Waals surface area contributed by atoms with Gasteiger partial charge in [0.15, 0.2) is 11.5 Å². The van der Waals surface area contributed by atoms with E-state index in [1.807, 2.05) is 6.07 Å². The molecule has 0 fully saturated rings. The molecule has 0 aliphatic carbocycles. The third-order valence-electron chi connectivity index (χ3n) is 3.88. The van der Waals surface area contributed by atoms with Gasteiger partial charge in [-0.1, -0.05) is 12.1 Å². The third-order valence-corrected chi connectivity index (χ3v) is 3.88. The molecule has 27 heavy (non-hydrogen) atoms. The van der Waals surface area contributed by atoms with Crippen LogP contribution >= 0.6 is 0 Å². The summed E-state index contributed by atoms with van der Waals surface area (Å²) in [5.74, 6) is 0.705. The number of rotatable bonds is 9. The number of ether oxygens (including phenoxy) is 3. The molecular weight excluding hydrogens is 348 g/mol. The highest BCUT2D eigenvalue weighted by atomic mass is 16.5. The Morgan fingerprint density at radius 1 is 0.852 bits per heavy atom. The maximum Gasteiger partial charge on any atom is 0.251 e. The van der Waals surface area contributed by atoms with E-state index in [2.05, 4.69) is 10.6 Å². The molecule has 0 unspecified atom stereocenters. The molecule has 2 aromatic carbocycles. The van der Waals surface area contributed by atoms with Crippen molar-refractivity contribution < 1.29 is 23.8 Å². The molecular formula is C20H24N2O5. The molecule has 7 nitrogen and oxygen atoms in total. The zero-order valence-corrected chi connectivity index (χ0v) is 15.7. The summed E-state index contributed by atoms with van der Waals surface area (Å²) < 4.78 is 15.4. The Morgan fingerprint density at radius 2 is 1.52 bits per heavy atom. The minimum atomic E-state index is -0.267. The van der Waals surface area contributed by atoms with E-state index in [4.69, 9.17) is 14.2 Å². The molecule has 0 saturated carbocycles. The van der Waals surface area contributed by atoms with Crippen LogP contribution < -0.4 is 20.1 Å². The lowest BCUT2D eigenvalue weighted by Gasteiger charge is -2.11. The van der Waals surface area contributed by atoms with Crippen molar-refractivity contribution in [2.75, 3.05) is 34.5 Å². The van der Waals surface area contributed by atoms with Crippen molar-refractivity contribution in [1.29, 1.82) is 0 Å². The van der Waals surface area contributed by atoms with E-state index >= 15 is 0 Å². The van der Waals surface area contributed by atoms with Crippen LogP contribution in [0, 0.1) is 0 Å². The van der Waals surface area contributed by atoms with Crippen LogP contribution in [0.5, 0.6) is 11.5 Å². The van der Waals surface area contributed by atoms with Crippen LogP contribution in [0.1, 0.15) is 26.3 Å². The molecule has 2 rings (SSSR count). The lowest BCUT2D eigenvalue weighted by molar-refractivity contribution is 0.0937. The van der Waals surface area contributed by atoms with Crippen LogP contribution in [0.3, 0.4) is 0 Å². The van der Waals surface area contributed by atoms with Gasteiger partial charge in [-0.25, -0.2) is 0 Å². The molecule has 144 valence electrons. The van der Waals surface area contributed by atoms with Crippen LogP contribution in [0.2, 0.25) is 0 Å². The lowest BCUT2D eigenvalue weighted by atomic mass is 10.1. The molecule has 2 amide bonds. The van der Waals surface area contributed by atoms with Gasteiger partial charge in [-0.2, -0.15) is 0 Å². The first-order chi connectivity index (χ1) is 13.1. The molecule has 0 aliphatic rings. The summed E-state index contributed by atoms with van der Waals surface area (Å²) in [6, 6.07) is 12.0. The van der Waals surface area contributed by atoms with Crippen LogP contribution in [0.25, 0.3) is 0 Å². The van der Waals surface area contributed by atoms with Crippen LogP contribution in [-0.4, -0.2) is 46.3 Å². The Kier molecular flexibility index (Phi) is 7.63. The van der Waals surface area contributed by atoms with Gasteiger partial charge in [-0.15, -0.1) is 0 Å². The third kappa shape index (κ3) is 5.72. The fourth-order valence-corrected chi connectivity index (χ4v) is 2.45. The van der Waals surface area contributed by atoms with Gasteiger partial charge in [0.25, 0.3) is 11.8 Å². The van der Waals surface area contributed by atoms with Crippen LogP contribution in [-0.2, 0) is 11.3 Å². The first-order valence-corrected chi connectivity index (χ1v) is 8.45. The van der Waals surface area contributed by atoms with Crippen molar-refractivity contribution in [3.63, 3.8) is 0 Å². The predicted molar refractivity (Wildman–Crippen MR) is 101 cm³/mol. The van der Waals surface area contributed by atoms with E-state index in [0.29, 0.717) is 42.3 Å². The van der Waals surface area contributed by atoms with Gasteiger partial charge in [0.1, 0.15) is 0 Å². The van der Waals surface area contributed by atoms with Gasteiger partial charge in [0.05, 0.1) is 20.8 Å². The van der Waals surface area contributed by atoms with E-state index in [0.717, 1.165) is 5.56 Å². The van der Waals surface area contributed by atoms with Gasteiger partial charge in [0, 0.05) is 31.3 Å². The number of hydrogen-bond donors (Lipinski definition) is 2. The predicted octanol–water partition coefficient (Wildman–Crippen LogP) is 2.01. The topological polar surface area (TPSA) is 85.9 Å². The largest absolute Gasteiger partial charge is 0.493 e. The average Bonchev–Trinajstić information content (AvgIpc) is 2.71. The first kappa shape index (κ1) is 20.3. The second-order valence-electron chi connectivity index (χ2n) is 5.70. The van der Waals surface area contributed by atoms with E-state index in [-0.39, 0.29) is 11.8 Å². The molecule has 0 bridgehead atoms. The number of carbonyl (C=O) groups excluding carboxylic acids is 2. The first-order valence-electron chi connectivity index (χ1n) is 8.45. The second kappa shape index (κ2) is 10.2. The summed E-state index contributed by atoms with van der Waals surface area (Å²) >= 11 is 0. The maximum atomic E-state index is 12.4. The molecule has 7 heteroatoms. The standard InChI is InChI=1S/C20H24N2O5/c1-25-10-9-21-19(23)15-5-4-6-16(12-15)20(24)22-13-14-7-8-17(26-2)18(11-14)27-3/h4-8,11-12H,9-10,13H2,1-3H3,(H,21,23)(H,22,24). The normalized spacial score (nSPS) is 10.2. The second-order valence-corrected chi connectivity index (χ2v) is 5.70. The Labute approximate surface area is 158 Å². The van der Waals surface area contributed by atoms with E-state index in [1.165, 1.54) is 0 Å². The summed E-state index contributed by atoms with van der Waals surface area (Å²) in [6.45, 7) is 1.16. The average molecular weight is 372 g/mol. The quantitative estimate of drug-likeness (QED) is 0.658. The number of nitrogens with one attached hydrogen (secondary N) is 2. The zero-order valence-electron chi connectivity index (χ0n) is 15.7. The zero-order chi connectivity index (χ0) is 19.6. The molecule has 2 N–H and O–H groups in total. The Balaban J connectivity index is 2.00. The molecule has 0 aliphatic heterocycles. The number of carbonyl (C=O) groups is 2. The summed E-state index contributed by atoms with van der Waals surface area (Å²) in [5, 5.41) is 5.56. The molecule has 0 atom stereocenters. The van der Waals surface area contributed by atoms with Gasteiger partial charge in [-0.3, -0.25) is 9.59 Å². The Hall–Kier alpha value is -3.06. The Bertz CT molecular complexity index is 792. The summed E-state index contributed by atoms with van der Waals surface area (Å²) in [7, 11) is 4.69. The van der Waals surface area contributed by atoms with E-state index < -0.39 is 0 Å². The van der Waals surface area contributed by atoms with Gasteiger partial charge < -0.3 is 24.8 Å². The molecule has 0 heterocycles. The van der Waals surface area contributed by atoms with E-state index in [9.17, 15) is 9.59 Å². The highest BCUT2D eigenvalue weighted by Gasteiger charge is 2.11. The van der Waals surface area contributed by atoms with E-state index in [1.54, 1.807) is 57.7 Å². The minimum Gasteiger partial charge on any atom is -0.493 e. The molecule has 2 aromatic rings. The maximum absolute atomic E-state index is 12.4. The van der Waals surface area contributed by atoms with Gasteiger partial charge in [-0.05, 0) is 35.9 Å². The highest BCUT2D eigenvalue weighted by Crippen LogP contribution is 2.27. The van der Waals surface area contributed by atoms with Crippen molar-refractivity contribution in [3.8, 4) is 11.5 Å². The molecule has 0 aromatic heterocycles. The monoisotopic (exact) mass is 372 g/mol. The SMILES string of the molecule is COCCNC(=O)c1cccc(C(=O)NCc2ccc(OC)c(OC)c2)c1. The molecule has 0 spiro atoms. The summed E-state index contributed by atoms with van der Waals surface area (Å²) in [6.07, 6.45) is 0. The fraction of sp³-hybridized carbons (Fsp3) is 0.300. The highest BCUT2D eigenvalue weighted by molar-refractivity contribution is 5.99. The van der Waals surface area contributed by atoms with Crippen molar-refractivity contribution >= 4 is 11.8 Å². The molecule has 0 saturated heterocycles. The number of benzene rings is 2. The van der Waals surface area contributed by atoms with Crippen LogP contribution in [0.15, 0.2) is 42.5 Å². The van der Waals surface area contributed by atoms with Gasteiger partial charge >= 0.3 is 0 Å². The minimum absolute atomic E-state index is 0.249. The van der Waals surface area contributed by atoms with Gasteiger partial charge in [0.2, 0.25) is 0 Å². The van der Waals surface area contributed by atoms with Crippen molar-refractivity contribution in [1.82, 2.24) is 10.6 Å². The molecule has 0 radical (unpaired) electrons. The van der Waals surface area contributed by atoms with Crippen molar-refractivity contribution in [2.45, 2.75) is 6.54 Å². The lowest BCUT2D eigenvalue weighted by Crippen LogP contribution is -2.27. The van der Waals surface area contributed by atoms with Crippen molar-refractivity contribution in [3.05, 3.63) is 59.2 Å². The number of methoxy groups -OCH3 is 3. The number of amides is 2. The smallest absolute Gasteiger partial charge is 0.251 e. The number of hydrogen-bond acceptors (Lipinski definition) is 5. The summed E-state index contributed by atoms with van der Waals surface area (Å²) in [5.41, 5.74) is 1.70. The van der Waals surface area contributed by atoms with Crippen LogP contribution in [0.4, 0.5) is 0 Å².